The Morgan fingerprint density at radius 2 is 2.00 bits per heavy atom. The normalized spacial score (nSPS) is 11.7. The van der Waals surface area contributed by atoms with Crippen molar-refractivity contribution < 1.29 is 19.0 Å². The summed E-state index contributed by atoms with van der Waals surface area (Å²) in [6, 6.07) is 12.3. The largest absolute Gasteiger partial charge is 0.492 e. The molecule has 1 amide bonds. The summed E-state index contributed by atoms with van der Waals surface area (Å²) in [6.45, 7) is 2.60. The molecule has 0 atom stereocenters. The monoisotopic (exact) mass is 344 g/mol. The van der Waals surface area contributed by atoms with Crippen LogP contribution in [0.5, 0.6) is 17.2 Å². The van der Waals surface area contributed by atoms with Gasteiger partial charge in [0.1, 0.15) is 5.75 Å². The first-order chi connectivity index (χ1) is 11.7. The number of thiocarbonyl (C=S) groups is 1. The molecular weight excluding hydrogens is 328 g/mol. The molecule has 6 nitrogen and oxygen atoms in total. The van der Waals surface area contributed by atoms with E-state index >= 15 is 0 Å². The Morgan fingerprint density at radius 1 is 1.21 bits per heavy atom. The minimum atomic E-state index is -0.334. The zero-order valence-corrected chi connectivity index (χ0v) is 13.8. The number of hydrogen-bond donors (Lipinski definition) is 2. The number of anilines is 1. The van der Waals surface area contributed by atoms with E-state index in [-0.39, 0.29) is 17.8 Å². The average Bonchev–Trinajstić information content (AvgIpc) is 3.04. The number of nitrogens with one attached hydrogen (secondary N) is 2. The van der Waals surface area contributed by atoms with E-state index in [1.165, 1.54) is 0 Å². The number of rotatable bonds is 4. The molecular formula is C17H16N2O4S. The molecule has 0 spiro atoms. The summed E-state index contributed by atoms with van der Waals surface area (Å²) in [7, 11) is 0. The Balaban J connectivity index is 1.65. The topological polar surface area (TPSA) is 68.8 Å². The van der Waals surface area contributed by atoms with Gasteiger partial charge in [-0.15, -0.1) is 0 Å². The summed E-state index contributed by atoms with van der Waals surface area (Å²) in [6.07, 6.45) is 0. The van der Waals surface area contributed by atoms with Gasteiger partial charge in [-0.3, -0.25) is 10.1 Å². The average molecular weight is 344 g/mol. The van der Waals surface area contributed by atoms with Crippen LogP contribution in [0.2, 0.25) is 0 Å². The van der Waals surface area contributed by atoms with Gasteiger partial charge in [0, 0.05) is 5.56 Å². The van der Waals surface area contributed by atoms with Crippen LogP contribution < -0.4 is 24.8 Å². The Kier molecular flexibility index (Phi) is 4.81. The van der Waals surface area contributed by atoms with Crippen molar-refractivity contribution in [3.8, 4) is 17.2 Å². The first-order valence-corrected chi connectivity index (χ1v) is 7.82. The Labute approximate surface area is 144 Å². The summed E-state index contributed by atoms with van der Waals surface area (Å²) >= 11 is 5.20. The molecule has 1 aliphatic rings. The molecule has 0 fully saturated rings. The minimum Gasteiger partial charge on any atom is -0.492 e. The van der Waals surface area contributed by atoms with E-state index in [1.807, 2.05) is 31.2 Å². The predicted molar refractivity (Wildman–Crippen MR) is 93.9 cm³/mol. The molecule has 7 heteroatoms. The summed E-state index contributed by atoms with van der Waals surface area (Å²) in [5.41, 5.74) is 1.12. The molecule has 0 saturated heterocycles. The third kappa shape index (κ3) is 3.57. The van der Waals surface area contributed by atoms with Crippen LogP contribution in [0.4, 0.5) is 5.69 Å². The van der Waals surface area contributed by atoms with Crippen LogP contribution in [0, 0.1) is 0 Å². The van der Waals surface area contributed by atoms with Gasteiger partial charge in [0.2, 0.25) is 6.79 Å². The minimum absolute atomic E-state index is 0.161. The number of carbonyl (C=O) groups is 1. The first-order valence-electron chi connectivity index (χ1n) is 7.41. The second-order valence-corrected chi connectivity index (χ2v) is 5.31. The number of benzene rings is 2. The van der Waals surface area contributed by atoms with E-state index in [2.05, 4.69) is 10.6 Å². The fourth-order valence-corrected chi connectivity index (χ4v) is 2.42. The van der Waals surface area contributed by atoms with Gasteiger partial charge in [0.25, 0.3) is 5.91 Å². The lowest BCUT2D eigenvalue weighted by atomic mass is 10.2. The van der Waals surface area contributed by atoms with E-state index < -0.39 is 0 Å². The van der Waals surface area contributed by atoms with E-state index in [0.29, 0.717) is 35.1 Å². The molecule has 24 heavy (non-hydrogen) atoms. The van der Waals surface area contributed by atoms with E-state index in [9.17, 15) is 4.79 Å². The van der Waals surface area contributed by atoms with Crippen molar-refractivity contribution in [3.63, 3.8) is 0 Å². The van der Waals surface area contributed by atoms with Gasteiger partial charge < -0.3 is 19.5 Å². The van der Waals surface area contributed by atoms with Gasteiger partial charge in [-0.2, -0.15) is 0 Å². The number of hydrogen-bond acceptors (Lipinski definition) is 5. The molecule has 2 aromatic carbocycles. The highest BCUT2D eigenvalue weighted by atomic mass is 32.1. The molecule has 1 aliphatic heterocycles. The fraction of sp³-hybridized carbons (Fsp3) is 0.176. The van der Waals surface area contributed by atoms with Crippen LogP contribution in [0.25, 0.3) is 0 Å². The van der Waals surface area contributed by atoms with Crippen LogP contribution in [0.1, 0.15) is 17.3 Å². The number of carbonyl (C=O) groups excluding carboxylic acids is 1. The molecule has 3 rings (SSSR count). The lowest BCUT2D eigenvalue weighted by molar-refractivity contribution is 0.0977. The molecule has 0 saturated carbocycles. The van der Waals surface area contributed by atoms with Crippen LogP contribution in [0.3, 0.4) is 0 Å². The van der Waals surface area contributed by atoms with E-state index in [1.54, 1.807) is 18.2 Å². The van der Waals surface area contributed by atoms with Gasteiger partial charge in [-0.1, -0.05) is 12.1 Å². The van der Waals surface area contributed by atoms with Crippen LogP contribution in [-0.2, 0) is 0 Å². The van der Waals surface area contributed by atoms with Gasteiger partial charge >= 0.3 is 0 Å². The quantitative estimate of drug-likeness (QED) is 0.831. The highest BCUT2D eigenvalue weighted by molar-refractivity contribution is 7.80. The number of fused-ring (bicyclic) bond motifs is 1. The zero-order valence-electron chi connectivity index (χ0n) is 13.0. The molecule has 0 bridgehead atoms. The first kappa shape index (κ1) is 16.1. The Morgan fingerprint density at radius 3 is 2.83 bits per heavy atom. The van der Waals surface area contributed by atoms with Crippen molar-refractivity contribution in [2.45, 2.75) is 6.92 Å². The van der Waals surface area contributed by atoms with Crippen molar-refractivity contribution in [2.24, 2.45) is 0 Å². The molecule has 2 N–H and O–H groups in total. The second kappa shape index (κ2) is 7.18. The van der Waals surface area contributed by atoms with Gasteiger partial charge in [-0.05, 0) is 49.5 Å². The number of para-hydroxylation sites is 2. The highest BCUT2D eigenvalue weighted by Crippen LogP contribution is 2.32. The standard InChI is InChI=1S/C17H16N2O4S/c1-2-21-13-6-4-3-5-12(13)18-17(24)19-16(20)11-7-8-14-15(9-11)23-10-22-14/h3-9H,2,10H2,1H3,(H2,18,19,20,24). The SMILES string of the molecule is CCOc1ccccc1NC(=S)NC(=O)c1ccc2c(c1)OCO2. The maximum atomic E-state index is 12.3. The summed E-state index contributed by atoms with van der Waals surface area (Å²) in [4.78, 5) is 12.3. The number of ether oxygens (including phenoxy) is 3. The second-order valence-electron chi connectivity index (χ2n) is 4.91. The Bertz CT molecular complexity index is 779. The number of amides is 1. The molecule has 1 heterocycles. The summed E-state index contributed by atoms with van der Waals surface area (Å²) < 4.78 is 16.0. The highest BCUT2D eigenvalue weighted by Gasteiger charge is 2.17. The van der Waals surface area contributed by atoms with Gasteiger partial charge in [-0.25, -0.2) is 0 Å². The van der Waals surface area contributed by atoms with E-state index in [4.69, 9.17) is 26.4 Å². The molecule has 124 valence electrons. The predicted octanol–water partition coefficient (Wildman–Crippen LogP) is 2.94. The van der Waals surface area contributed by atoms with Gasteiger partial charge in [0.15, 0.2) is 16.6 Å². The van der Waals surface area contributed by atoms with Crippen LogP contribution in [0.15, 0.2) is 42.5 Å². The zero-order chi connectivity index (χ0) is 16.9. The molecule has 0 unspecified atom stereocenters. The molecule has 2 aromatic rings. The Hall–Kier alpha value is -2.80. The third-order valence-electron chi connectivity index (χ3n) is 3.30. The van der Waals surface area contributed by atoms with Crippen molar-refractivity contribution in [1.82, 2.24) is 5.32 Å². The lowest BCUT2D eigenvalue weighted by Crippen LogP contribution is -2.34. The molecule has 0 aliphatic carbocycles. The summed E-state index contributed by atoms with van der Waals surface area (Å²) in [5, 5.41) is 5.79. The van der Waals surface area contributed by atoms with Crippen molar-refractivity contribution >= 4 is 28.9 Å². The maximum absolute atomic E-state index is 12.3. The smallest absolute Gasteiger partial charge is 0.257 e. The van der Waals surface area contributed by atoms with Crippen molar-refractivity contribution in [3.05, 3.63) is 48.0 Å². The van der Waals surface area contributed by atoms with Gasteiger partial charge in [0.05, 0.1) is 12.3 Å². The van der Waals surface area contributed by atoms with Crippen molar-refractivity contribution in [1.29, 1.82) is 0 Å². The third-order valence-corrected chi connectivity index (χ3v) is 3.50. The van der Waals surface area contributed by atoms with Crippen LogP contribution in [-0.4, -0.2) is 24.4 Å². The van der Waals surface area contributed by atoms with E-state index in [0.717, 1.165) is 0 Å². The van der Waals surface area contributed by atoms with Crippen LogP contribution >= 0.6 is 12.2 Å². The maximum Gasteiger partial charge on any atom is 0.257 e. The summed E-state index contributed by atoms with van der Waals surface area (Å²) in [5.74, 6) is 1.50. The molecule has 0 aromatic heterocycles. The lowest BCUT2D eigenvalue weighted by Gasteiger charge is -2.13. The fourth-order valence-electron chi connectivity index (χ4n) is 2.22. The molecule has 0 radical (unpaired) electrons. The van der Waals surface area contributed by atoms with Crippen molar-refractivity contribution in [2.75, 3.05) is 18.7 Å².